The third-order valence-electron chi connectivity index (χ3n) is 1.70. The van der Waals surface area contributed by atoms with Gasteiger partial charge in [0.25, 0.3) is 10.0 Å². The molecule has 0 saturated heterocycles. The van der Waals surface area contributed by atoms with Gasteiger partial charge in [-0.25, -0.2) is 13.1 Å². The lowest BCUT2D eigenvalue weighted by Gasteiger charge is -2.10. The van der Waals surface area contributed by atoms with Crippen molar-refractivity contribution in [3.05, 3.63) is 15.9 Å². The molecule has 1 unspecified atom stereocenters. The van der Waals surface area contributed by atoms with Gasteiger partial charge in [-0.1, -0.05) is 0 Å². The summed E-state index contributed by atoms with van der Waals surface area (Å²) in [5, 5.41) is 11.0. The molecular weight excluding hydrogens is 318 g/mol. The second-order valence-electron chi connectivity index (χ2n) is 3.02. The average molecular weight is 330 g/mol. The maximum Gasteiger partial charge on any atom is 0.251 e. The molecule has 0 aromatic carbocycles. The molecule has 5 nitrogen and oxygen atoms in total. The van der Waals surface area contributed by atoms with Gasteiger partial charge in [0, 0.05) is 18.1 Å². The minimum Gasteiger partial charge on any atom is -0.389 e. The molecule has 0 radical (unpaired) electrons. The summed E-state index contributed by atoms with van der Waals surface area (Å²) in [5.41, 5.74) is 0. The zero-order chi connectivity index (χ0) is 12.2. The fourth-order valence-electron chi connectivity index (χ4n) is 0.994. The van der Waals surface area contributed by atoms with Crippen LogP contribution < -0.4 is 4.72 Å². The van der Waals surface area contributed by atoms with Gasteiger partial charge in [0.05, 0.1) is 12.7 Å². The third kappa shape index (κ3) is 3.79. The molecule has 0 bridgehead atoms. The summed E-state index contributed by atoms with van der Waals surface area (Å²) in [6, 6.07) is 1.66. The van der Waals surface area contributed by atoms with Crippen molar-refractivity contribution in [1.82, 2.24) is 4.72 Å². The van der Waals surface area contributed by atoms with Crippen LogP contribution >= 0.6 is 27.3 Å². The fourth-order valence-corrected chi connectivity index (χ4v) is 4.45. The number of aliphatic hydroxyl groups excluding tert-OH is 1. The molecule has 0 aliphatic rings. The molecule has 1 aromatic rings. The number of nitrogens with one attached hydrogen (secondary N) is 1. The third-order valence-corrected chi connectivity index (χ3v) is 5.79. The van der Waals surface area contributed by atoms with Crippen LogP contribution in [-0.4, -0.2) is 39.9 Å². The van der Waals surface area contributed by atoms with E-state index in [4.69, 9.17) is 4.74 Å². The molecule has 1 rings (SSSR count). The maximum absolute atomic E-state index is 11.7. The summed E-state index contributed by atoms with van der Waals surface area (Å²) in [6.07, 6.45) is -0.849. The van der Waals surface area contributed by atoms with Crippen LogP contribution in [0.5, 0.6) is 0 Å². The Balaban J connectivity index is 2.63. The zero-order valence-corrected chi connectivity index (χ0v) is 11.7. The van der Waals surface area contributed by atoms with Crippen molar-refractivity contribution < 1.29 is 18.3 Å². The van der Waals surface area contributed by atoms with Crippen LogP contribution in [0, 0.1) is 0 Å². The molecule has 0 aliphatic carbocycles. The molecule has 1 aromatic heterocycles. The van der Waals surface area contributed by atoms with Crippen molar-refractivity contribution in [2.75, 3.05) is 20.3 Å². The lowest BCUT2D eigenvalue weighted by atomic mass is 10.4. The van der Waals surface area contributed by atoms with Crippen LogP contribution in [0.25, 0.3) is 0 Å². The second-order valence-corrected chi connectivity index (χ2v) is 6.75. The van der Waals surface area contributed by atoms with Gasteiger partial charge >= 0.3 is 0 Å². The van der Waals surface area contributed by atoms with Gasteiger partial charge < -0.3 is 9.84 Å². The van der Waals surface area contributed by atoms with Gasteiger partial charge in [-0.3, -0.25) is 0 Å². The first-order valence-corrected chi connectivity index (χ1v) is 7.52. The Bertz CT molecular complexity index is 431. The van der Waals surface area contributed by atoms with E-state index in [1.54, 1.807) is 11.4 Å². The normalized spacial score (nSPS) is 13.9. The van der Waals surface area contributed by atoms with Crippen LogP contribution in [0.15, 0.2) is 20.1 Å². The highest BCUT2D eigenvalue weighted by molar-refractivity contribution is 9.10. The van der Waals surface area contributed by atoms with Gasteiger partial charge in [-0.15, -0.1) is 11.3 Å². The number of hydrogen-bond acceptors (Lipinski definition) is 5. The number of sulfonamides is 1. The first kappa shape index (κ1) is 14.1. The van der Waals surface area contributed by atoms with Crippen molar-refractivity contribution >= 4 is 37.3 Å². The molecule has 8 heteroatoms. The summed E-state index contributed by atoms with van der Waals surface area (Å²) >= 11 is 4.26. The molecule has 0 saturated carbocycles. The summed E-state index contributed by atoms with van der Waals surface area (Å²) in [6.45, 7) is 0.0225. The molecule has 1 heterocycles. The van der Waals surface area contributed by atoms with Gasteiger partial charge in [0.1, 0.15) is 4.21 Å². The lowest BCUT2D eigenvalue weighted by molar-refractivity contribution is 0.0679. The molecular formula is C8H12BrNO4S2. The van der Waals surface area contributed by atoms with E-state index in [-0.39, 0.29) is 17.4 Å². The number of halogens is 1. The quantitative estimate of drug-likeness (QED) is 0.809. The van der Waals surface area contributed by atoms with Gasteiger partial charge in [0.15, 0.2) is 0 Å². The molecule has 0 fully saturated rings. The summed E-state index contributed by atoms with van der Waals surface area (Å²) in [7, 11) is -2.12. The van der Waals surface area contributed by atoms with Crippen LogP contribution in [0.4, 0.5) is 0 Å². The van der Waals surface area contributed by atoms with Crippen LogP contribution in [0.1, 0.15) is 0 Å². The van der Waals surface area contributed by atoms with Gasteiger partial charge in [-0.05, 0) is 27.4 Å². The highest BCUT2D eigenvalue weighted by Gasteiger charge is 2.19. The summed E-state index contributed by atoms with van der Waals surface area (Å²) in [4.78, 5) is 0. The first-order chi connectivity index (χ1) is 7.47. The minimum absolute atomic E-state index is 0.0689. The molecule has 0 aliphatic heterocycles. The van der Waals surface area contributed by atoms with E-state index in [1.165, 1.54) is 7.11 Å². The van der Waals surface area contributed by atoms with Crippen molar-refractivity contribution in [3.63, 3.8) is 0 Å². The van der Waals surface area contributed by atoms with E-state index in [0.717, 1.165) is 11.3 Å². The Morgan fingerprint density at radius 1 is 1.69 bits per heavy atom. The number of ether oxygens (including phenoxy) is 1. The second kappa shape index (κ2) is 6.08. The first-order valence-electron chi connectivity index (χ1n) is 4.37. The van der Waals surface area contributed by atoms with E-state index in [2.05, 4.69) is 20.7 Å². The maximum atomic E-state index is 11.7. The number of aliphatic hydroxyl groups is 1. The Morgan fingerprint density at radius 2 is 2.38 bits per heavy atom. The molecule has 16 heavy (non-hydrogen) atoms. The lowest BCUT2D eigenvalue weighted by Crippen LogP contribution is -2.34. The van der Waals surface area contributed by atoms with E-state index in [9.17, 15) is 13.5 Å². The van der Waals surface area contributed by atoms with Crippen molar-refractivity contribution in [3.8, 4) is 0 Å². The number of rotatable bonds is 6. The predicted octanol–water partition coefficient (Wildman–Crippen LogP) is 0.796. The van der Waals surface area contributed by atoms with Crippen LogP contribution in [0.2, 0.25) is 0 Å². The van der Waals surface area contributed by atoms with E-state index >= 15 is 0 Å². The Kier molecular flexibility index (Phi) is 5.35. The van der Waals surface area contributed by atoms with Gasteiger partial charge in [-0.2, -0.15) is 0 Å². The molecule has 0 spiro atoms. The Hall–Kier alpha value is 0.01000. The topological polar surface area (TPSA) is 75.6 Å². The summed E-state index contributed by atoms with van der Waals surface area (Å²) < 4.78 is 31.2. The zero-order valence-electron chi connectivity index (χ0n) is 8.51. The SMILES string of the molecule is COCC(O)CNS(=O)(=O)c1sccc1Br. The van der Waals surface area contributed by atoms with E-state index in [1.807, 2.05) is 0 Å². The summed E-state index contributed by atoms with van der Waals surface area (Å²) in [5.74, 6) is 0. The Labute approximate surface area is 107 Å². The van der Waals surface area contributed by atoms with Crippen LogP contribution in [0.3, 0.4) is 0 Å². The minimum atomic E-state index is -3.55. The standard InChI is InChI=1S/C8H12BrNO4S2/c1-14-5-6(11)4-10-16(12,13)8-7(9)2-3-15-8/h2-3,6,10-11H,4-5H2,1H3. The molecule has 2 N–H and O–H groups in total. The number of hydrogen-bond donors (Lipinski definition) is 2. The molecule has 0 amide bonds. The van der Waals surface area contributed by atoms with Crippen LogP contribution in [-0.2, 0) is 14.8 Å². The average Bonchev–Trinajstić information content (AvgIpc) is 2.63. The van der Waals surface area contributed by atoms with Gasteiger partial charge in [0.2, 0.25) is 0 Å². The molecule has 92 valence electrons. The van der Waals surface area contributed by atoms with E-state index in [0.29, 0.717) is 4.47 Å². The largest absolute Gasteiger partial charge is 0.389 e. The number of methoxy groups -OCH3 is 1. The Morgan fingerprint density at radius 3 is 2.88 bits per heavy atom. The van der Waals surface area contributed by atoms with E-state index < -0.39 is 16.1 Å². The highest BCUT2D eigenvalue weighted by Crippen LogP contribution is 2.27. The number of thiophene rings is 1. The van der Waals surface area contributed by atoms with Crippen molar-refractivity contribution in [2.45, 2.75) is 10.3 Å². The predicted molar refractivity (Wildman–Crippen MR) is 65.1 cm³/mol. The highest BCUT2D eigenvalue weighted by atomic mass is 79.9. The van der Waals surface area contributed by atoms with Crippen molar-refractivity contribution in [2.24, 2.45) is 0 Å². The monoisotopic (exact) mass is 329 g/mol. The smallest absolute Gasteiger partial charge is 0.251 e. The van der Waals surface area contributed by atoms with Crippen molar-refractivity contribution in [1.29, 1.82) is 0 Å². The fraction of sp³-hybridized carbons (Fsp3) is 0.500. The molecule has 1 atom stereocenters.